The minimum atomic E-state index is 0.702. The molecule has 1 aromatic carbocycles. The number of hydrogen-bond donors (Lipinski definition) is 0. The average molecular weight is 433 g/mol. The molecule has 1 aliphatic heterocycles. The fourth-order valence-corrected chi connectivity index (χ4v) is 4.79. The summed E-state index contributed by atoms with van der Waals surface area (Å²) in [7, 11) is 0. The molecule has 0 bridgehead atoms. The number of thiophene rings is 1. The van der Waals surface area contributed by atoms with Gasteiger partial charge >= 0.3 is 0 Å². The lowest BCUT2D eigenvalue weighted by atomic mass is 10.2. The van der Waals surface area contributed by atoms with Crippen molar-refractivity contribution in [3.8, 4) is 10.6 Å². The Kier molecular flexibility index (Phi) is 6.72. The largest absolute Gasteiger partial charge is 0.379 e. The molecule has 0 atom stereocenters. The van der Waals surface area contributed by atoms with E-state index in [0.29, 0.717) is 5.02 Å². The quantitative estimate of drug-likeness (QED) is 0.551. The summed E-state index contributed by atoms with van der Waals surface area (Å²) >= 11 is 9.42. The first kappa shape index (κ1) is 19.5. The van der Waals surface area contributed by atoms with Crippen LogP contribution >= 0.6 is 34.3 Å². The maximum atomic E-state index is 6.09. The van der Waals surface area contributed by atoms with Crippen LogP contribution in [0.4, 0.5) is 0 Å². The molecule has 3 aromatic rings. The summed E-state index contributed by atoms with van der Waals surface area (Å²) in [4.78, 5) is 9.29. The maximum Gasteiger partial charge on any atom is 0.206 e. The van der Waals surface area contributed by atoms with Crippen LogP contribution < -0.4 is 4.80 Å². The summed E-state index contributed by atoms with van der Waals surface area (Å²) in [6.07, 6.45) is 1.83. The number of rotatable bonds is 6. The van der Waals surface area contributed by atoms with E-state index in [1.165, 1.54) is 4.88 Å². The summed E-state index contributed by atoms with van der Waals surface area (Å²) in [5.41, 5.74) is 2.02. The van der Waals surface area contributed by atoms with E-state index in [1.807, 2.05) is 35.2 Å². The van der Waals surface area contributed by atoms with Crippen molar-refractivity contribution in [3.05, 3.63) is 62.5 Å². The summed E-state index contributed by atoms with van der Waals surface area (Å²) in [5, 5.41) is 9.62. The topological polar surface area (TPSA) is 42.1 Å². The predicted molar refractivity (Wildman–Crippen MR) is 118 cm³/mol. The van der Waals surface area contributed by atoms with Crippen LogP contribution in [0.2, 0.25) is 5.02 Å². The van der Waals surface area contributed by atoms with Gasteiger partial charge in [-0.3, -0.25) is 9.89 Å². The SMILES string of the molecule is Clc1cccc(/C=N\n2c(-c3cccs3)csc2=NCCN2CCOCC2)c1. The Bertz CT molecular complexity index is 988. The second-order valence-electron chi connectivity index (χ2n) is 6.33. The maximum absolute atomic E-state index is 6.09. The highest BCUT2D eigenvalue weighted by Gasteiger charge is 2.10. The highest BCUT2D eigenvalue weighted by Crippen LogP contribution is 2.25. The number of thiazole rings is 1. The fourth-order valence-electron chi connectivity index (χ4n) is 2.94. The molecule has 5 nitrogen and oxygen atoms in total. The van der Waals surface area contributed by atoms with Crippen molar-refractivity contribution in [2.45, 2.75) is 0 Å². The smallest absolute Gasteiger partial charge is 0.206 e. The van der Waals surface area contributed by atoms with Crippen molar-refractivity contribution in [1.82, 2.24) is 9.58 Å². The first-order valence-corrected chi connectivity index (χ1v) is 11.3. The Morgan fingerprint density at radius 1 is 1.14 bits per heavy atom. The van der Waals surface area contributed by atoms with Gasteiger partial charge in [-0.25, -0.2) is 4.68 Å². The zero-order valence-electron chi connectivity index (χ0n) is 15.3. The Labute approximate surface area is 177 Å². The number of halogens is 1. The van der Waals surface area contributed by atoms with Crippen LogP contribution in [0.1, 0.15) is 5.56 Å². The molecule has 0 saturated carbocycles. The third-order valence-electron chi connectivity index (χ3n) is 4.40. The Hall–Kier alpha value is -1.77. The number of aromatic nitrogens is 1. The van der Waals surface area contributed by atoms with Gasteiger partial charge in [0.1, 0.15) is 0 Å². The minimum Gasteiger partial charge on any atom is -0.379 e. The summed E-state index contributed by atoms with van der Waals surface area (Å²) < 4.78 is 7.34. The molecule has 1 aliphatic rings. The van der Waals surface area contributed by atoms with E-state index in [1.54, 1.807) is 22.7 Å². The molecule has 0 unspecified atom stereocenters. The number of hydrogen-bond acceptors (Lipinski definition) is 6. The average Bonchev–Trinajstić information content (AvgIpc) is 3.37. The van der Waals surface area contributed by atoms with Crippen molar-refractivity contribution in [2.75, 3.05) is 39.4 Å². The van der Waals surface area contributed by atoms with Gasteiger partial charge in [-0.05, 0) is 29.1 Å². The van der Waals surface area contributed by atoms with Gasteiger partial charge in [0.25, 0.3) is 0 Å². The van der Waals surface area contributed by atoms with Gasteiger partial charge < -0.3 is 4.74 Å². The molecule has 0 amide bonds. The molecule has 2 aromatic heterocycles. The van der Waals surface area contributed by atoms with Crippen molar-refractivity contribution in [1.29, 1.82) is 0 Å². The van der Waals surface area contributed by atoms with Crippen LogP contribution in [0.3, 0.4) is 0 Å². The number of ether oxygens (including phenoxy) is 1. The highest BCUT2D eigenvalue weighted by atomic mass is 35.5. The number of nitrogens with zero attached hydrogens (tertiary/aromatic N) is 4. The standard InChI is InChI=1S/C20H21ClN4OS2/c21-17-4-1-3-16(13-17)14-23-25-18(19-5-2-12-27-19)15-28-20(25)22-6-7-24-8-10-26-11-9-24/h1-5,12-15H,6-11H2/b22-20?,23-14-. The van der Waals surface area contributed by atoms with Gasteiger partial charge in [-0.15, -0.1) is 22.7 Å². The van der Waals surface area contributed by atoms with Crippen molar-refractivity contribution in [3.63, 3.8) is 0 Å². The number of benzene rings is 1. The molecule has 0 spiro atoms. The molecule has 0 radical (unpaired) electrons. The van der Waals surface area contributed by atoms with E-state index in [0.717, 1.165) is 55.5 Å². The molecular formula is C20H21ClN4OS2. The zero-order chi connectivity index (χ0) is 19.2. The van der Waals surface area contributed by atoms with Gasteiger partial charge in [0.05, 0.1) is 36.5 Å². The Morgan fingerprint density at radius 3 is 2.82 bits per heavy atom. The van der Waals surface area contributed by atoms with Crippen LogP contribution in [0.5, 0.6) is 0 Å². The van der Waals surface area contributed by atoms with Crippen LogP contribution in [0, 0.1) is 0 Å². The van der Waals surface area contributed by atoms with Gasteiger partial charge in [0.15, 0.2) is 0 Å². The minimum absolute atomic E-state index is 0.702. The van der Waals surface area contributed by atoms with Gasteiger partial charge in [-0.1, -0.05) is 29.8 Å². The van der Waals surface area contributed by atoms with Gasteiger partial charge in [0.2, 0.25) is 4.80 Å². The second-order valence-corrected chi connectivity index (χ2v) is 8.55. The predicted octanol–water partition coefficient (Wildman–Crippen LogP) is 4.05. The first-order chi connectivity index (χ1) is 13.8. The van der Waals surface area contributed by atoms with E-state index in [4.69, 9.17) is 26.4 Å². The number of morpholine rings is 1. The van der Waals surface area contributed by atoms with Crippen molar-refractivity contribution < 1.29 is 4.74 Å². The van der Waals surface area contributed by atoms with E-state index < -0.39 is 0 Å². The lowest BCUT2D eigenvalue weighted by molar-refractivity contribution is 0.0393. The molecular weight excluding hydrogens is 412 g/mol. The molecule has 146 valence electrons. The van der Waals surface area contributed by atoms with Crippen LogP contribution in [0.25, 0.3) is 10.6 Å². The monoisotopic (exact) mass is 432 g/mol. The molecule has 8 heteroatoms. The molecule has 0 N–H and O–H groups in total. The first-order valence-electron chi connectivity index (χ1n) is 9.14. The molecule has 28 heavy (non-hydrogen) atoms. The van der Waals surface area contributed by atoms with Gasteiger partial charge in [-0.2, -0.15) is 5.10 Å². The lowest BCUT2D eigenvalue weighted by Crippen LogP contribution is -2.38. The molecule has 1 saturated heterocycles. The Balaban J connectivity index is 1.59. The third-order valence-corrected chi connectivity index (χ3v) is 6.38. The van der Waals surface area contributed by atoms with Crippen LogP contribution in [0.15, 0.2) is 57.3 Å². The lowest BCUT2D eigenvalue weighted by Gasteiger charge is -2.25. The van der Waals surface area contributed by atoms with Crippen molar-refractivity contribution in [2.24, 2.45) is 10.1 Å². The van der Waals surface area contributed by atoms with E-state index in [2.05, 4.69) is 27.8 Å². The Morgan fingerprint density at radius 2 is 2.04 bits per heavy atom. The summed E-state index contributed by atoms with van der Waals surface area (Å²) in [5.74, 6) is 0. The highest BCUT2D eigenvalue weighted by molar-refractivity contribution is 7.14. The third kappa shape index (κ3) is 4.98. The molecule has 3 heterocycles. The zero-order valence-corrected chi connectivity index (χ0v) is 17.7. The summed E-state index contributed by atoms with van der Waals surface area (Å²) in [6.45, 7) is 5.27. The fraction of sp³-hybridized carbons (Fsp3) is 0.300. The molecule has 0 aliphatic carbocycles. The van der Waals surface area contributed by atoms with Gasteiger partial charge in [0, 0.05) is 30.0 Å². The van der Waals surface area contributed by atoms with E-state index >= 15 is 0 Å². The van der Waals surface area contributed by atoms with Crippen molar-refractivity contribution >= 4 is 40.5 Å². The second kappa shape index (κ2) is 9.62. The van der Waals surface area contributed by atoms with E-state index in [-0.39, 0.29) is 0 Å². The molecule has 4 rings (SSSR count). The van der Waals surface area contributed by atoms with E-state index in [9.17, 15) is 0 Å². The summed E-state index contributed by atoms with van der Waals surface area (Å²) in [6, 6.07) is 11.8. The van der Waals surface area contributed by atoms with Crippen LogP contribution in [-0.2, 0) is 4.74 Å². The van der Waals surface area contributed by atoms with Crippen LogP contribution in [-0.4, -0.2) is 55.2 Å². The molecule has 1 fully saturated rings. The normalized spacial score (nSPS) is 16.2.